The third-order valence-corrected chi connectivity index (χ3v) is 7.02. The molecule has 1 saturated heterocycles. The van der Waals surface area contributed by atoms with Gasteiger partial charge in [0, 0.05) is 40.8 Å². The van der Waals surface area contributed by atoms with Crippen molar-refractivity contribution in [3.8, 4) is 0 Å². The van der Waals surface area contributed by atoms with Crippen molar-refractivity contribution in [3.63, 3.8) is 0 Å². The number of fused-ring (bicyclic) bond motifs is 3. The van der Waals surface area contributed by atoms with Crippen LogP contribution in [0.1, 0.15) is 42.5 Å². The van der Waals surface area contributed by atoms with Gasteiger partial charge in [-0.25, -0.2) is 4.98 Å². The molecule has 1 spiro atoms. The Labute approximate surface area is 161 Å². The Morgan fingerprint density at radius 3 is 2.81 bits per heavy atom. The van der Waals surface area contributed by atoms with E-state index in [1.165, 1.54) is 15.7 Å². The second kappa shape index (κ2) is 6.12. The first-order valence-electron chi connectivity index (χ1n) is 9.56. The molecular weight excluding hydrogens is 392 g/mol. The molecule has 0 bridgehead atoms. The van der Waals surface area contributed by atoms with Gasteiger partial charge in [-0.15, -0.1) is 0 Å². The van der Waals surface area contributed by atoms with Gasteiger partial charge in [-0.3, -0.25) is 9.78 Å². The van der Waals surface area contributed by atoms with Crippen LogP contribution in [0.2, 0.25) is 0 Å². The summed E-state index contributed by atoms with van der Waals surface area (Å²) in [7, 11) is 0. The van der Waals surface area contributed by atoms with E-state index in [9.17, 15) is 4.79 Å². The summed E-state index contributed by atoms with van der Waals surface area (Å²) in [4.78, 5) is 22.6. The maximum absolute atomic E-state index is 12.4. The van der Waals surface area contributed by atoms with Crippen LogP contribution in [0.3, 0.4) is 0 Å². The largest absolute Gasteiger partial charge is 0.384 e. The predicted molar refractivity (Wildman–Crippen MR) is 107 cm³/mol. The van der Waals surface area contributed by atoms with Crippen LogP contribution in [0.15, 0.2) is 27.5 Å². The number of hydrogen-bond donors (Lipinski definition) is 2. The monoisotopic (exact) mass is 414 g/mol. The minimum absolute atomic E-state index is 0.0700. The molecule has 0 unspecified atom stereocenters. The second-order valence-corrected chi connectivity index (χ2v) is 8.66. The Morgan fingerprint density at radius 1 is 1.15 bits per heavy atom. The molecule has 26 heavy (non-hydrogen) atoms. The van der Waals surface area contributed by atoms with E-state index in [1.807, 2.05) is 0 Å². The van der Waals surface area contributed by atoms with Gasteiger partial charge in [0.1, 0.15) is 0 Å². The lowest BCUT2D eigenvalue weighted by Crippen LogP contribution is -2.45. The molecule has 2 N–H and O–H groups in total. The Morgan fingerprint density at radius 2 is 1.96 bits per heavy atom. The zero-order chi connectivity index (χ0) is 17.7. The maximum atomic E-state index is 12.4. The number of aryl methyl sites for hydroxylation is 1. The summed E-state index contributed by atoms with van der Waals surface area (Å²) in [5, 5.41) is 3.58. The highest BCUT2D eigenvalue weighted by Crippen LogP contribution is 2.47. The Balaban J connectivity index is 1.41. The highest BCUT2D eigenvalue weighted by atomic mass is 79.9. The van der Waals surface area contributed by atoms with Crippen LogP contribution >= 0.6 is 15.9 Å². The quantitative estimate of drug-likeness (QED) is 0.750. The molecule has 5 rings (SSSR count). The number of rotatable bonds is 1. The number of halogens is 1. The topological polar surface area (TPSA) is 61.0 Å². The summed E-state index contributed by atoms with van der Waals surface area (Å²) in [6.07, 6.45) is 6.19. The fourth-order valence-corrected chi connectivity index (χ4v) is 5.66. The number of benzene rings is 1. The lowest BCUT2D eigenvalue weighted by Gasteiger charge is -2.40. The number of aromatic nitrogens is 2. The minimum Gasteiger partial charge on any atom is -0.384 e. The molecule has 1 aliphatic carbocycles. The van der Waals surface area contributed by atoms with Crippen molar-refractivity contribution in [3.05, 3.63) is 49.8 Å². The standard InChI is InChI=1S/C20H23BrN4O/c21-14-5-3-7-16-17(14)20(12-22-16)8-10-25(11-9-20)19-23-15-6-2-1-4-13(15)18(26)24-19/h3,5,7,22H,1-2,4,6,8-12H2,(H,23,24,26). The Kier molecular flexibility index (Phi) is 3.85. The lowest BCUT2D eigenvalue weighted by atomic mass is 9.74. The molecule has 0 atom stereocenters. The van der Waals surface area contributed by atoms with E-state index in [2.05, 4.69) is 49.3 Å². The van der Waals surface area contributed by atoms with Crippen LogP contribution in [0.5, 0.6) is 0 Å². The minimum atomic E-state index is 0.0700. The van der Waals surface area contributed by atoms with Gasteiger partial charge in [-0.2, -0.15) is 0 Å². The first kappa shape index (κ1) is 16.4. The van der Waals surface area contributed by atoms with Crippen LogP contribution < -0.4 is 15.8 Å². The smallest absolute Gasteiger partial charge is 0.255 e. The molecule has 2 aromatic rings. The average molecular weight is 415 g/mol. The van der Waals surface area contributed by atoms with Crippen molar-refractivity contribution >= 4 is 27.6 Å². The third kappa shape index (κ3) is 2.49. The summed E-state index contributed by atoms with van der Waals surface area (Å²) < 4.78 is 1.20. The van der Waals surface area contributed by atoms with E-state index < -0.39 is 0 Å². The predicted octanol–water partition coefficient (Wildman–Crippen LogP) is 3.37. The molecule has 6 heteroatoms. The molecule has 0 saturated carbocycles. The summed E-state index contributed by atoms with van der Waals surface area (Å²) in [6.45, 7) is 2.83. The van der Waals surface area contributed by atoms with Crippen molar-refractivity contribution in [2.45, 2.75) is 43.9 Å². The van der Waals surface area contributed by atoms with Crippen molar-refractivity contribution in [1.29, 1.82) is 0 Å². The second-order valence-electron chi connectivity index (χ2n) is 7.81. The number of hydrogen-bond acceptors (Lipinski definition) is 4. The fraction of sp³-hybridized carbons (Fsp3) is 0.500. The van der Waals surface area contributed by atoms with Crippen molar-refractivity contribution in [2.75, 3.05) is 29.9 Å². The molecule has 2 aliphatic heterocycles. The molecular formula is C20H23BrN4O. The summed E-state index contributed by atoms with van der Waals surface area (Å²) in [5.74, 6) is 0.767. The van der Waals surface area contributed by atoms with E-state index >= 15 is 0 Å². The molecule has 3 heterocycles. The van der Waals surface area contributed by atoms with Crippen LogP contribution in [0, 0.1) is 0 Å². The van der Waals surface area contributed by atoms with Crippen molar-refractivity contribution in [1.82, 2.24) is 9.97 Å². The molecule has 1 aromatic heterocycles. The van der Waals surface area contributed by atoms with Gasteiger partial charge < -0.3 is 10.2 Å². The Hall–Kier alpha value is -1.82. The van der Waals surface area contributed by atoms with E-state index in [4.69, 9.17) is 4.98 Å². The van der Waals surface area contributed by atoms with Gasteiger partial charge in [0.15, 0.2) is 0 Å². The summed E-state index contributed by atoms with van der Waals surface area (Å²) in [5.41, 5.74) is 4.86. The van der Waals surface area contributed by atoms with Gasteiger partial charge >= 0.3 is 0 Å². The first-order chi connectivity index (χ1) is 12.7. The van der Waals surface area contributed by atoms with Gasteiger partial charge in [-0.1, -0.05) is 22.0 Å². The molecule has 0 radical (unpaired) electrons. The maximum Gasteiger partial charge on any atom is 0.255 e. The van der Waals surface area contributed by atoms with Crippen LogP contribution in [0.4, 0.5) is 11.6 Å². The number of nitrogens with one attached hydrogen (secondary N) is 2. The van der Waals surface area contributed by atoms with Crippen LogP contribution in [-0.2, 0) is 18.3 Å². The van der Waals surface area contributed by atoms with Crippen molar-refractivity contribution in [2.24, 2.45) is 0 Å². The third-order valence-electron chi connectivity index (χ3n) is 6.36. The molecule has 1 fully saturated rings. The first-order valence-corrected chi connectivity index (χ1v) is 10.4. The van der Waals surface area contributed by atoms with Gasteiger partial charge in [-0.05, 0) is 56.2 Å². The number of nitrogens with zero attached hydrogens (tertiary/aromatic N) is 2. The normalized spacial score (nSPS) is 20.6. The van der Waals surface area contributed by atoms with E-state index in [1.54, 1.807) is 0 Å². The zero-order valence-corrected chi connectivity index (χ0v) is 16.4. The van der Waals surface area contributed by atoms with Crippen LogP contribution in [0.25, 0.3) is 0 Å². The molecule has 5 nitrogen and oxygen atoms in total. The zero-order valence-electron chi connectivity index (χ0n) is 14.8. The van der Waals surface area contributed by atoms with Crippen LogP contribution in [-0.4, -0.2) is 29.6 Å². The summed E-state index contributed by atoms with van der Waals surface area (Å²) in [6, 6.07) is 6.40. The molecule has 136 valence electrons. The highest BCUT2D eigenvalue weighted by Gasteiger charge is 2.43. The molecule has 1 aromatic carbocycles. The van der Waals surface area contributed by atoms with E-state index in [-0.39, 0.29) is 11.0 Å². The number of H-pyrrole nitrogens is 1. The number of aromatic amines is 1. The van der Waals surface area contributed by atoms with E-state index in [0.29, 0.717) is 0 Å². The van der Waals surface area contributed by atoms with Gasteiger partial charge in [0.25, 0.3) is 5.56 Å². The molecule has 3 aliphatic rings. The SMILES string of the molecule is O=c1[nH]c(N2CCC3(CC2)CNc2cccc(Br)c23)nc2c1CCCC2. The van der Waals surface area contributed by atoms with E-state index in [0.717, 1.165) is 75.4 Å². The fourth-order valence-electron chi connectivity index (χ4n) is 4.88. The Bertz CT molecular complexity index is 915. The number of piperidine rings is 1. The average Bonchev–Trinajstić information content (AvgIpc) is 3.02. The van der Waals surface area contributed by atoms with Gasteiger partial charge in [0.2, 0.25) is 5.95 Å². The molecule has 0 amide bonds. The lowest BCUT2D eigenvalue weighted by molar-refractivity contribution is 0.358. The number of anilines is 2. The highest BCUT2D eigenvalue weighted by molar-refractivity contribution is 9.10. The summed E-state index contributed by atoms with van der Waals surface area (Å²) >= 11 is 3.76. The van der Waals surface area contributed by atoms with Gasteiger partial charge in [0.05, 0.1) is 5.69 Å². The van der Waals surface area contributed by atoms with Crippen molar-refractivity contribution < 1.29 is 0 Å².